The summed E-state index contributed by atoms with van der Waals surface area (Å²) in [5.41, 5.74) is 0.707. The topological polar surface area (TPSA) is 17.4 Å². The number of likely N-dealkylation sites (N-methyl/N-ethyl adjacent to an activating group) is 1. The van der Waals surface area contributed by atoms with Crippen molar-refractivity contribution in [2.45, 2.75) is 19.5 Å². The fraction of sp³-hybridized carbons (Fsp3) is 0.429. The van der Waals surface area contributed by atoms with Gasteiger partial charge in [0.2, 0.25) is 0 Å². The van der Waals surface area contributed by atoms with Crippen LogP contribution in [0, 0.1) is 0 Å². The maximum Gasteiger partial charge on any atom is 0.119 e. The van der Waals surface area contributed by atoms with Gasteiger partial charge in [-0.2, -0.15) is 0 Å². The van der Waals surface area contributed by atoms with Gasteiger partial charge in [-0.1, -0.05) is 0 Å². The molecule has 0 N–H and O–H groups in total. The Labute approximate surface area is 112 Å². The fourth-order valence-electron chi connectivity index (χ4n) is 1.67. The van der Waals surface area contributed by atoms with Gasteiger partial charge in [-0.15, -0.1) is 0 Å². The van der Waals surface area contributed by atoms with Crippen molar-refractivity contribution in [3.05, 3.63) is 30.5 Å². The van der Waals surface area contributed by atoms with Crippen LogP contribution in [0.25, 0.3) is 10.9 Å². The van der Waals surface area contributed by atoms with Crippen LogP contribution >= 0.6 is 0 Å². The molecule has 0 saturated carbocycles. The van der Waals surface area contributed by atoms with E-state index in [1.54, 1.807) is 35.9 Å². The summed E-state index contributed by atoms with van der Waals surface area (Å²) >= 11 is 0. The molecule has 1 heterocycles. The van der Waals surface area contributed by atoms with Crippen molar-refractivity contribution in [3.8, 4) is 5.75 Å². The largest absolute Gasteiger partial charge is 0.497 e. The van der Waals surface area contributed by atoms with Gasteiger partial charge >= 0.3 is 0 Å². The standard InChI is InChI=1S/C14H20N2O/c1-11(15(2)3)10-16-8-7-12-9-13(17-4)5-6-14(12)16/h5-9,11H,10H2,1-4H3/t11-/m1/s1/i2D3,4D3,10D/t10?,11-. The first-order valence-corrected chi connectivity index (χ1v) is 5.35. The predicted molar refractivity (Wildman–Crippen MR) is 71.6 cm³/mol. The molecule has 92 valence electrons. The Morgan fingerprint density at radius 2 is 2.41 bits per heavy atom. The fourth-order valence-corrected chi connectivity index (χ4v) is 1.67. The summed E-state index contributed by atoms with van der Waals surface area (Å²) < 4.78 is 58.7. The third kappa shape index (κ3) is 2.44. The van der Waals surface area contributed by atoms with Gasteiger partial charge in [0.25, 0.3) is 0 Å². The van der Waals surface area contributed by atoms with Crippen molar-refractivity contribution in [2.75, 3.05) is 21.1 Å². The Morgan fingerprint density at radius 1 is 1.53 bits per heavy atom. The first kappa shape index (κ1) is 5.91. The number of nitrogens with zero attached hydrogens (tertiary/aromatic N) is 2. The highest BCUT2D eigenvalue weighted by molar-refractivity contribution is 5.81. The first-order chi connectivity index (χ1) is 10.9. The molecule has 0 saturated heterocycles. The molecule has 0 aliphatic rings. The minimum atomic E-state index is -2.52. The van der Waals surface area contributed by atoms with Gasteiger partial charge in [0.05, 0.1) is 12.5 Å². The molecule has 0 amide bonds. The molecule has 3 heteroatoms. The van der Waals surface area contributed by atoms with Crippen molar-refractivity contribution in [3.63, 3.8) is 0 Å². The lowest BCUT2D eigenvalue weighted by Crippen LogP contribution is -2.28. The van der Waals surface area contributed by atoms with Crippen LogP contribution in [0.2, 0.25) is 0 Å². The summed E-state index contributed by atoms with van der Waals surface area (Å²) in [5.74, 6) is 0.217. The van der Waals surface area contributed by atoms with Crippen LogP contribution in [0.3, 0.4) is 0 Å². The zero-order valence-corrected chi connectivity index (χ0v) is 9.84. The van der Waals surface area contributed by atoms with Crippen LogP contribution in [0.1, 0.15) is 16.5 Å². The number of methoxy groups -OCH3 is 1. The second kappa shape index (κ2) is 4.80. The molecule has 0 aliphatic heterocycles. The summed E-state index contributed by atoms with van der Waals surface area (Å²) in [4.78, 5) is 1.18. The van der Waals surface area contributed by atoms with E-state index >= 15 is 0 Å². The lowest BCUT2D eigenvalue weighted by molar-refractivity contribution is 0.286. The van der Waals surface area contributed by atoms with Crippen LogP contribution < -0.4 is 4.74 Å². The van der Waals surface area contributed by atoms with Gasteiger partial charge in [0.1, 0.15) is 5.75 Å². The molecular formula is C14H20N2O. The van der Waals surface area contributed by atoms with Crippen molar-refractivity contribution in [2.24, 2.45) is 0 Å². The minimum Gasteiger partial charge on any atom is -0.497 e. The predicted octanol–water partition coefficient (Wildman–Crippen LogP) is 2.60. The molecule has 2 atom stereocenters. The average molecular weight is 239 g/mol. The van der Waals surface area contributed by atoms with Crippen molar-refractivity contribution in [1.82, 2.24) is 9.47 Å². The van der Waals surface area contributed by atoms with E-state index in [2.05, 4.69) is 0 Å². The number of aromatic nitrogens is 1. The SMILES string of the molecule is [2H]C([C@@H](C)N(C)C([2H])([2H])[2H])n1ccc2cc(OC([2H])([2H])[2H])ccc21. The van der Waals surface area contributed by atoms with Gasteiger partial charge in [-0.05, 0) is 45.2 Å². The molecule has 2 rings (SSSR count). The third-order valence-corrected chi connectivity index (χ3v) is 2.80. The number of fused-ring (bicyclic) bond motifs is 1. The number of hydrogen-bond acceptors (Lipinski definition) is 2. The van der Waals surface area contributed by atoms with Crippen LogP contribution in [-0.2, 0) is 6.52 Å². The van der Waals surface area contributed by atoms with E-state index in [1.807, 2.05) is 0 Å². The third-order valence-electron chi connectivity index (χ3n) is 2.80. The van der Waals surface area contributed by atoms with Crippen LogP contribution in [0.5, 0.6) is 5.75 Å². The van der Waals surface area contributed by atoms with Gasteiger partial charge in [-0.3, -0.25) is 0 Å². The minimum absolute atomic E-state index is 0.217. The van der Waals surface area contributed by atoms with Crippen molar-refractivity contribution in [1.29, 1.82) is 0 Å². The summed E-state index contributed by atoms with van der Waals surface area (Å²) in [6, 6.07) is 5.97. The second-order valence-corrected chi connectivity index (χ2v) is 4.05. The van der Waals surface area contributed by atoms with Crippen molar-refractivity contribution >= 4 is 10.9 Å². The zero-order valence-electron chi connectivity index (χ0n) is 16.8. The van der Waals surface area contributed by atoms with E-state index in [0.717, 1.165) is 5.39 Å². The Hall–Kier alpha value is -1.48. The number of ether oxygens (including phenoxy) is 1. The van der Waals surface area contributed by atoms with E-state index in [4.69, 9.17) is 14.3 Å². The Bertz CT molecular complexity index is 707. The number of benzene rings is 1. The Morgan fingerprint density at radius 3 is 3.18 bits per heavy atom. The summed E-state index contributed by atoms with van der Waals surface area (Å²) in [6.45, 7) is -1.42. The van der Waals surface area contributed by atoms with Crippen LogP contribution in [-0.4, -0.2) is 36.6 Å². The number of hydrogen-bond donors (Lipinski definition) is 0. The molecule has 1 aromatic carbocycles. The molecule has 1 unspecified atom stereocenters. The summed E-state index contributed by atoms with van der Waals surface area (Å²) in [5, 5.41) is 0.720. The highest BCUT2D eigenvalue weighted by Crippen LogP contribution is 2.22. The zero-order chi connectivity index (χ0) is 18.3. The van der Waals surface area contributed by atoms with Gasteiger partial charge in [0.15, 0.2) is 0 Å². The smallest absolute Gasteiger partial charge is 0.119 e. The quantitative estimate of drug-likeness (QED) is 0.816. The lowest BCUT2D eigenvalue weighted by atomic mass is 10.2. The molecule has 3 nitrogen and oxygen atoms in total. The maximum absolute atomic E-state index is 8.38. The average Bonchev–Trinajstić information content (AvgIpc) is 2.85. The molecule has 0 fully saturated rings. The highest BCUT2D eigenvalue weighted by Gasteiger charge is 2.08. The summed E-state index contributed by atoms with van der Waals surface area (Å²) in [7, 11) is -1.06. The maximum atomic E-state index is 8.38. The molecule has 0 radical (unpaired) electrons. The Balaban J connectivity index is 2.30. The van der Waals surface area contributed by atoms with E-state index in [9.17, 15) is 0 Å². The molecule has 0 spiro atoms. The molecular weight excluding hydrogens is 212 g/mol. The van der Waals surface area contributed by atoms with E-state index in [-0.39, 0.29) is 5.75 Å². The second-order valence-electron chi connectivity index (χ2n) is 4.05. The highest BCUT2D eigenvalue weighted by atomic mass is 16.5. The van der Waals surface area contributed by atoms with E-state index < -0.39 is 26.6 Å². The van der Waals surface area contributed by atoms with Crippen molar-refractivity contribution < 1.29 is 14.3 Å². The molecule has 2 aromatic rings. The van der Waals surface area contributed by atoms with Crippen LogP contribution in [0.4, 0.5) is 0 Å². The van der Waals surface area contributed by atoms with E-state index in [0.29, 0.717) is 5.52 Å². The molecule has 0 bridgehead atoms. The molecule has 0 aliphatic carbocycles. The lowest BCUT2D eigenvalue weighted by Gasteiger charge is -2.20. The molecule has 1 aromatic heterocycles. The first-order valence-electron chi connectivity index (χ1n) is 8.93. The normalized spacial score (nSPS) is 22.6. The van der Waals surface area contributed by atoms with Crippen LogP contribution in [0.15, 0.2) is 30.5 Å². The van der Waals surface area contributed by atoms with Gasteiger partial charge < -0.3 is 14.2 Å². The monoisotopic (exact) mass is 239 g/mol. The van der Waals surface area contributed by atoms with E-state index in [1.165, 1.54) is 18.0 Å². The Kier molecular flexibility index (Phi) is 1.67. The summed E-state index contributed by atoms with van der Waals surface area (Å²) in [6.07, 6.45) is 1.69. The van der Waals surface area contributed by atoms with Gasteiger partial charge in [0, 0.05) is 33.8 Å². The molecule has 17 heavy (non-hydrogen) atoms. The van der Waals surface area contributed by atoms with Gasteiger partial charge in [-0.25, -0.2) is 0 Å². The number of rotatable bonds is 4.